The highest BCUT2D eigenvalue weighted by Crippen LogP contribution is 2.23. The third-order valence-electron chi connectivity index (χ3n) is 3.40. The Morgan fingerprint density at radius 1 is 1.28 bits per heavy atom. The van der Waals surface area contributed by atoms with E-state index in [0.29, 0.717) is 22.5 Å². The summed E-state index contributed by atoms with van der Waals surface area (Å²) in [5.41, 5.74) is 0.373. The average molecular weight is 314 g/mol. The first-order valence-corrected chi connectivity index (χ1v) is 7.19. The molecule has 0 aromatic heterocycles. The smallest absolute Gasteiger partial charge is 0.251 e. The number of rotatable bonds is 3. The van der Waals surface area contributed by atoms with E-state index in [0.717, 1.165) is 0 Å². The summed E-state index contributed by atoms with van der Waals surface area (Å²) in [5.74, 6) is -0.00679. The number of carbonyl (C=O) groups is 1. The van der Waals surface area contributed by atoms with Crippen molar-refractivity contribution in [3.8, 4) is 0 Å². The number of benzene rings is 1. The third kappa shape index (κ3) is 3.80. The Morgan fingerprint density at radius 2 is 2.00 bits per heavy atom. The molecule has 1 amide bonds. The molecule has 0 bridgehead atoms. The highest BCUT2D eigenvalue weighted by Gasteiger charge is 2.15. The molecule has 0 atom stereocenters. The van der Waals surface area contributed by atoms with Crippen LogP contribution in [0.5, 0.6) is 0 Å². The Kier molecular flexibility index (Phi) is 4.75. The van der Waals surface area contributed by atoms with E-state index in [4.69, 9.17) is 0 Å². The summed E-state index contributed by atoms with van der Waals surface area (Å²) in [7, 11) is 0. The van der Waals surface area contributed by atoms with E-state index >= 15 is 0 Å². The van der Waals surface area contributed by atoms with Gasteiger partial charge in [0.25, 0.3) is 5.91 Å². The maximum absolute atomic E-state index is 13.2. The molecule has 1 aliphatic rings. The van der Waals surface area contributed by atoms with Gasteiger partial charge < -0.3 is 5.32 Å². The van der Waals surface area contributed by atoms with Gasteiger partial charge in [0.2, 0.25) is 0 Å². The van der Waals surface area contributed by atoms with Crippen LogP contribution < -0.4 is 5.32 Å². The van der Waals surface area contributed by atoms with Crippen LogP contribution >= 0.6 is 15.9 Å². The van der Waals surface area contributed by atoms with Gasteiger partial charge in [-0.25, -0.2) is 4.39 Å². The van der Waals surface area contributed by atoms with E-state index in [1.807, 2.05) is 0 Å². The maximum Gasteiger partial charge on any atom is 0.251 e. The number of hydrogen-bond acceptors (Lipinski definition) is 1. The lowest BCUT2D eigenvalue weighted by Gasteiger charge is -2.21. The lowest BCUT2D eigenvalue weighted by Crippen LogP contribution is -2.30. The SMILES string of the molecule is O=C(NCC1CCCCC1)c1cc(F)cc(Br)c1. The zero-order valence-corrected chi connectivity index (χ0v) is 11.8. The second kappa shape index (κ2) is 6.32. The van der Waals surface area contributed by atoms with Crippen LogP contribution in [0.1, 0.15) is 42.5 Å². The standard InChI is InChI=1S/C14H17BrFNO/c15-12-6-11(7-13(16)8-12)14(18)17-9-10-4-2-1-3-5-10/h6-8,10H,1-5,9H2,(H,17,18). The minimum atomic E-state index is -0.396. The van der Waals surface area contributed by atoms with Gasteiger partial charge in [-0.2, -0.15) is 0 Å². The van der Waals surface area contributed by atoms with Crippen LogP contribution in [0, 0.1) is 11.7 Å². The van der Waals surface area contributed by atoms with Crippen molar-refractivity contribution >= 4 is 21.8 Å². The monoisotopic (exact) mass is 313 g/mol. The summed E-state index contributed by atoms with van der Waals surface area (Å²) >= 11 is 3.19. The van der Waals surface area contributed by atoms with Crippen molar-refractivity contribution in [3.63, 3.8) is 0 Å². The summed E-state index contributed by atoms with van der Waals surface area (Å²) < 4.78 is 13.8. The van der Waals surface area contributed by atoms with Gasteiger partial charge in [0.15, 0.2) is 0 Å². The second-order valence-corrected chi connectivity index (χ2v) is 5.79. The third-order valence-corrected chi connectivity index (χ3v) is 3.86. The minimum absolute atomic E-state index is 0.194. The normalized spacial score (nSPS) is 16.6. The molecule has 1 fully saturated rings. The quantitative estimate of drug-likeness (QED) is 0.901. The van der Waals surface area contributed by atoms with Gasteiger partial charge in [0.1, 0.15) is 5.82 Å². The van der Waals surface area contributed by atoms with Gasteiger partial charge in [-0.1, -0.05) is 35.2 Å². The highest BCUT2D eigenvalue weighted by atomic mass is 79.9. The van der Waals surface area contributed by atoms with Gasteiger partial charge in [-0.15, -0.1) is 0 Å². The van der Waals surface area contributed by atoms with Crippen LogP contribution in [-0.2, 0) is 0 Å². The van der Waals surface area contributed by atoms with Crippen molar-refractivity contribution in [1.82, 2.24) is 5.32 Å². The average Bonchev–Trinajstić information content (AvgIpc) is 2.36. The largest absolute Gasteiger partial charge is 0.352 e. The first-order chi connectivity index (χ1) is 8.65. The van der Waals surface area contributed by atoms with E-state index in [2.05, 4.69) is 21.2 Å². The summed E-state index contributed by atoms with van der Waals surface area (Å²) in [6, 6.07) is 4.25. The molecular formula is C14H17BrFNO. The molecule has 1 saturated carbocycles. The van der Waals surface area contributed by atoms with Crippen LogP contribution in [0.25, 0.3) is 0 Å². The molecule has 18 heavy (non-hydrogen) atoms. The van der Waals surface area contributed by atoms with Gasteiger partial charge in [-0.05, 0) is 37.0 Å². The van der Waals surface area contributed by atoms with Crippen molar-refractivity contribution in [2.24, 2.45) is 5.92 Å². The van der Waals surface area contributed by atoms with Crippen molar-refractivity contribution in [3.05, 3.63) is 34.1 Å². The van der Waals surface area contributed by atoms with E-state index in [1.54, 1.807) is 6.07 Å². The molecule has 0 radical (unpaired) electrons. The molecule has 1 aliphatic carbocycles. The molecule has 4 heteroatoms. The molecule has 0 spiro atoms. The van der Waals surface area contributed by atoms with Crippen LogP contribution in [0.15, 0.2) is 22.7 Å². The van der Waals surface area contributed by atoms with Crippen molar-refractivity contribution < 1.29 is 9.18 Å². The number of halogens is 2. The Bertz CT molecular complexity index is 410. The van der Waals surface area contributed by atoms with Crippen molar-refractivity contribution in [1.29, 1.82) is 0 Å². The number of hydrogen-bond donors (Lipinski definition) is 1. The Labute approximate surface area is 115 Å². The zero-order valence-electron chi connectivity index (χ0n) is 10.2. The van der Waals surface area contributed by atoms with Crippen LogP contribution in [0.2, 0.25) is 0 Å². The van der Waals surface area contributed by atoms with Crippen LogP contribution in [0.4, 0.5) is 4.39 Å². The molecule has 0 heterocycles. The molecule has 2 nitrogen and oxygen atoms in total. The molecular weight excluding hydrogens is 297 g/mol. The Morgan fingerprint density at radius 3 is 2.67 bits per heavy atom. The summed E-state index contributed by atoms with van der Waals surface area (Å²) in [4.78, 5) is 11.9. The van der Waals surface area contributed by atoms with E-state index < -0.39 is 5.82 Å². The van der Waals surface area contributed by atoms with Crippen LogP contribution in [0.3, 0.4) is 0 Å². The second-order valence-electron chi connectivity index (χ2n) is 4.87. The van der Waals surface area contributed by atoms with Crippen molar-refractivity contribution in [2.45, 2.75) is 32.1 Å². The predicted molar refractivity (Wildman–Crippen MR) is 73.0 cm³/mol. The molecule has 0 unspecified atom stereocenters. The van der Waals surface area contributed by atoms with Gasteiger partial charge in [-0.3, -0.25) is 4.79 Å². The molecule has 1 N–H and O–H groups in total. The van der Waals surface area contributed by atoms with E-state index in [9.17, 15) is 9.18 Å². The van der Waals surface area contributed by atoms with Gasteiger partial charge >= 0.3 is 0 Å². The number of amides is 1. The molecule has 0 aliphatic heterocycles. The molecule has 98 valence electrons. The topological polar surface area (TPSA) is 29.1 Å². The fourth-order valence-electron chi connectivity index (χ4n) is 2.42. The van der Waals surface area contributed by atoms with E-state index in [1.165, 1.54) is 44.2 Å². The summed E-state index contributed by atoms with van der Waals surface area (Å²) in [6.07, 6.45) is 6.19. The Balaban J connectivity index is 1.90. The number of carbonyl (C=O) groups excluding carboxylic acids is 1. The first kappa shape index (κ1) is 13.5. The van der Waals surface area contributed by atoms with Gasteiger partial charge in [0.05, 0.1) is 0 Å². The summed E-state index contributed by atoms with van der Waals surface area (Å²) in [6.45, 7) is 0.701. The van der Waals surface area contributed by atoms with Crippen LogP contribution in [-0.4, -0.2) is 12.5 Å². The molecule has 0 saturated heterocycles. The predicted octanol–water partition coefficient (Wildman–Crippen LogP) is 3.90. The summed E-state index contributed by atoms with van der Waals surface area (Å²) in [5, 5.41) is 2.90. The van der Waals surface area contributed by atoms with Gasteiger partial charge in [0, 0.05) is 16.6 Å². The first-order valence-electron chi connectivity index (χ1n) is 6.39. The molecule has 1 aromatic rings. The fraction of sp³-hybridized carbons (Fsp3) is 0.500. The number of nitrogens with one attached hydrogen (secondary N) is 1. The lowest BCUT2D eigenvalue weighted by atomic mass is 9.89. The van der Waals surface area contributed by atoms with Crippen molar-refractivity contribution in [2.75, 3.05) is 6.54 Å². The minimum Gasteiger partial charge on any atom is -0.352 e. The molecule has 1 aromatic carbocycles. The zero-order chi connectivity index (χ0) is 13.0. The Hall–Kier alpha value is -0.900. The van der Waals surface area contributed by atoms with E-state index in [-0.39, 0.29) is 5.91 Å². The highest BCUT2D eigenvalue weighted by molar-refractivity contribution is 9.10. The lowest BCUT2D eigenvalue weighted by molar-refractivity contribution is 0.0943. The fourth-order valence-corrected chi connectivity index (χ4v) is 2.88. The molecule has 2 rings (SSSR count). The maximum atomic E-state index is 13.2.